The first-order chi connectivity index (χ1) is 13.4. The molecule has 28 heavy (non-hydrogen) atoms. The normalized spacial score (nSPS) is 16.1. The van der Waals surface area contributed by atoms with Gasteiger partial charge in [-0.3, -0.25) is 9.69 Å². The summed E-state index contributed by atoms with van der Waals surface area (Å²) < 4.78 is 33.8. The van der Waals surface area contributed by atoms with E-state index in [2.05, 4.69) is 9.62 Å². The third kappa shape index (κ3) is 4.60. The number of carbonyl (C=O) groups excluding carboxylic acids is 1. The molecule has 2 aromatic rings. The maximum absolute atomic E-state index is 12.8. The summed E-state index contributed by atoms with van der Waals surface area (Å²) in [7, 11) is -2.06. The lowest BCUT2D eigenvalue weighted by molar-refractivity contribution is 0.101. The molecule has 0 amide bonds. The van der Waals surface area contributed by atoms with Crippen molar-refractivity contribution in [3.63, 3.8) is 0 Å². The van der Waals surface area contributed by atoms with Crippen LogP contribution in [0.15, 0.2) is 53.4 Å². The van der Waals surface area contributed by atoms with Gasteiger partial charge in [0.15, 0.2) is 5.78 Å². The summed E-state index contributed by atoms with van der Waals surface area (Å²) in [5.74, 6) is 0.659. The molecule has 1 heterocycles. The van der Waals surface area contributed by atoms with Crippen molar-refractivity contribution in [3.8, 4) is 5.75 Å². The summed E-state index contributed by atoms with van der Waals surface area (Å²) in [4.78, 5) is 13.8. The zero-order valence-corrected chi connectivity index (χ0v) is 17.0. The summed E-state index contributed by atoms with van der Waals surface area (Å²) >= 11 is 0. The second kappa shape index (κ2) is 8.86. The van der Waals surface area contributed by atoms with Crippen LogP contribution in [0.25, 0.3) is 0 Å². The minimum atomic E-state index is -3.68. The van der Waals surface area contributed by atoms with Crippen LogP contribution in [0.3, 0.4) is 0 Å². The van der Waals surface area contributed by atoms with Gasteiger partial charge in [-0.05, 0) is 51.1 Å². The molecule has 0 spiro atoms. The van der Waals surface area contributed by atoms with Gasteiger partial charge in [0.2, 0.25) is 10.0 Å². The fourth-order valence-electron chi connectivity index (χ4n) is 3.57. The number of likely N-dealkylation sites (tertiary alicyclic amines) is 1. The van der Waals surface area contributed by atoms with E-state index in [1.165, 1.54) is 31.2 Å². The Balaban J connectivity index is 1.82. The van der Waals surface area contributed by atoms with Gasteiger partial charge in [-0.15, -0.1) is 0 Å². The van der Waals surface area contributed by atoms with Crippen molar-refractivity contribution in [2.45, 2.75) is 30.7 Å². The maximum Gasteiger partial charge on any atom is 0.240 e. The number of para-hydroxylation sites is 1. The van der Waals surface area contributed by atoms with Crippen LogP contribution in [0.2, 0.25) is 0 Å². The number of ketones is 1. The lowest BCUT2D eigenvalue weighted by atomic mass is 10.0. The van der Waals surface area contributed by atoms with Crippen LogP contribution < -0.4 is 9.46 Å². The number of nitrogens with one attached hydrogen (secondary N) is 1. The highest BCUT2D eigenvalue weighted by Crippen LogP contribution is 2.31. The van der Waals surface area contributed by atoms with Gasteiger partial charge in [0.25, 0.3) is 0 Å². The van der Waals surface area contributed by atoms with Crippen LogP contribution in [0.4, 0.5) is 0 Å². The number of hydrogen-bond donors (Lipinski definition) is 1. The molecule has 0 saturated carbocycles. The van der Waals surface area contributed by atoms with E-state index < -0.39 is 10.0 Å². The third-order valence-electron chi connectivity index (χ3n) is 5.12. The van der Waals surface area contributed by atoms with E-state index in [-0.39, 0.29) is 23.3 Å². The van der Waals surface area contributed by atoms with Gasteiger partial charge in [-0.25, -0.2) is 13.1 Å². The van der Waals surface area contributed by atoms with Crippen molar-refractivity contribution in [1.82, 2.24) is 9.62 Å². The predicted octanol–water partition coefficient (Wildman–Crippen LogP) is 3.01. The molecule has 6 nitrogen and oxygen atoms in total. The quantitative estimate of drug-likeness (QED) is 0.687. The molecule has 0 bridgehead atoms. The first-order valence-corrected chi connectivity index (χ1v) is 10.9. The molecule has 1 saturated heterocycles. The summed E-state index contributed by atoms with van der Waals surface area (Å²) in [6.07, 6.45) is 2.20. The van der Waals surface area contributed by atoms with Gasteiger partial charge < -0.3 is 4.74 Å². The molecule has 1 atom stereocenters. The van der Waals surface area contributed by atoms with Crippen LogP contribution in [0.5, 0.6) is 5.75 Å². The zero-order chi connectivity index (χ0) is 20.1. The Kier molecular flexibility index (Phi) is 6.49. The van der Waals surface area contributed by atoms with Crippen LogP contribution in [0, 0.1) is 0 Å². The molecular formula is C21H26N2O4S. The number of sulfonamides is 1. The molecule has 1 fully saturated rings. The molecule has 3 rings (SSSR count). The number of methoxy groups -OCH3 is 1. The second-order valence-electron chi connectivity index (χ2n) is 6.93. The van der Waals surface area contributed by atoms with E-state index in [1.807, 2.05) is 24.3 Å². The number of carbonyl (C=O) groups is 1. The van der Waals surface area contributed by atoms with E-state index in [0.29, 0.717) is 5.56 Å². The van der Waals surface area contributed by atoms with Crippen molar-refractivity contribution >= 4 is 15.8 Å². The number of rotatable bonds is 8. The lowest BCUT2D eigenvalue weighted by Crippen LogP contribution is -2.37. The van der Waals surface area contributed by atoms with E-state index in [4.69, 9.17) is 4.74 Å². The first kappa shape index (κ1) is 20.5. The molecular weight excluding hydrogens is 376 g/mol. The largest absolute Gasteiger partial charge is 0.496 e. The van der Waals surface area contributed by atoms with Crippen molar-refractivity contribution in [2.24, 2.45) is 0 Å². The summed E-state index contributed by atoms with van der Waals surface area (Å²) in [6.45, 7) is 3.56. The molecule has 0 radical (unpaired) electrons. The number of benzene rings is 2. The van der Waals surface area contributed by atoms with Crippen molar-refractivity contribution in [2.75, 3.05) is 26.7 Å². The van der Waals surface area contributed by atoms with Crippen LogP contribution >= 0.6 is 0 Å². The topological polar surface area (TPSA) is 75.7 Å². The Morgan fingerprint density at radius 3 is 2.36 bits per heavy atom. The highest BCUT2D eigenvalue weighted by Gasteiger charge is 2.27. The van der Waals surface area contributed by atoms with Crippen LogP contribution in [0.1, 0.15) is 41.7 Å². The smallest absolute Gasteiger partial charge is 0.240 e. The molecule has 2 aromatic carbocycles. The predicted molar refractivity (Wildman–Crippen MR) is 108 cm³/mol. The van der Waals surface area contributed by atoms with E-state index in [9.17, 15) is 13.2 Å². The lowest BCUT2D eigenvalue weighted by Gasteiger charge is -2.29. The van der Waals surface area contributed by atoms with Crippen molar-refractivity contribution in [1.29, 1.82) is 0 Å². The van der Waals surface area contributed by atoms with Gasteiger partial charge in [0, 0.05) is 17.7 Å². The van der Waals surface area contributed by atoms with E-state index in [1.54, 1.807) is 7.11 Å². The Morgan fingerprint density at radius 2 is 1.75 bits per heavy atom. The molecule has 150 valence electrons. The average molecular weight is 403 g/mol. The Bertz CT molecular complexity index is 920. The summed E-state index contributed by atoms with van der Waals surface area (Å²) in [5, 5.41) is 0. The molecule has 7 heteroatoms. The highest BCUT2D eigenvalue weighted by molar-refractivity contribution is 7.89. The second-order valence-corrected chi connectivity index (χ2v) is 8.70. The molecule has 0 aliphatic carbocycles. The number of nitrogens with zero attached hydrogens (tertiary/aromatic N) is 1. The molecule has 0 aromatic heterocycles. The van der Waals surface area contributed by atoms with E-state index >= 15 is 0 Å². The first-order valence-electron chi connectivity index (χ1n) is 9.40. The molecule has 1 unspecified atom stereocenters. The van der Waals surface area contributed by atoms with Crippen molar-refractivity contribution in [3.05, 3.63) is 59.7 Å². The van der Waals surface area contributed by atoms with Crippen LogP contribution in [-0.4, -0.2) is 45.8 Å². The standard InChI is InChI=1S/C21H26N2O4S/c1-16(24)17-9-11-18(12-10-17)28(25,26)22-15-20(23-13-5-6-14-23)19-7-3-4-8-21(19)27-2/h3-4,7-12,20,22H,5-6,13-15H2,1-2H3. The number of hydrogen-bond acceptors (Lipinski definition) is 5. The van der Waals surface area contributed by atoms with Gasteiger partial charge in [0.1, 0.15) is 5.75 Å². The summed E-state index contributed by atoms with van der Waals surface area (Å²) in [6, 6.07) is 13.6. The Labute approximate surface area is 166 Å². The zero-order valence-electron chi connectivity index (χ0n) is 16.2. The van der Waals surface area contributed by atoms with Gasteiger partial charge in [-0.2, -0.15) is 0 Å². The fourth-order valence-corrected chi connectivity index (χ4v) is 4.61. The number of ether oxygens (including phenoxy) is 1. The minimum absolute atomic E-state index is 0.0952. The van der Waals surface area contributed by atoms with Crippen molar-refractivity contribution < 1.29 is 17.9 Å². The van der Waals surface area contributed by atoms with Crippen LogP contribution in [-0.2, 0) is 10.0 Å². The fraction of sp³-hybridized carbons (Fsp3) is 0.381. The molecule has 1 aliphatic rings. The molecule has 1 aliphatic heterocycles. The Morgan fingerprint density at radius 1 is 1.11 bits per heavy atom. The molecule has 1 N–H and O–H groups in total. The summed E-state index contributed by atoms with van der Waals surface area (Å²) in [5.41, 5.74) is 1.46. The maximum atomic E-state index is 12.8. The monoisotopic (exact) mass is 402 g/mol. The average Bonchev–Trinajstić information content (AvgIpc) is 3.23. The Hall–Kier alpha value is -2.22. The third-order valence-corrected chi connectivity index (χ3v) is 6.56. The van der Waals surface area contributed by atoms with E-state index in [0.717, 1.165) is 37.2 Å². The highest BCUT2D eigenvalue weighted by atomic mass is 32.2. The van der Waals surface area contributed by atoms with Gasteiger partial charge in [0.05, 0.1) is 18.0 Å². The minimum Gasteiger partial charge on any atom is -0.496 e. The van der Waals surface area contributed by atoms with Gasteiger partial charge >= 0.3 is 0 Å². The SMILES string of the molecule is COc1ccccc1C(CNS(=O)(=O)c1ccc(C(C)=O)cc1)N1CCCC1. The number of Topliss-reactive ketones (excluding diaryl/α,β-unsaturated/α-hetero) is 1. The van der Waals surface area contributed by atoms with Gasteiger partial charge in [-0.1, -0.05) is 30.3 Å².